The van der Waals surface area contributed by atoms with Crippen molar-refractivity contribution in [1.29, 1.82) is 0 Å². The number of methoxy groups -OCH3 is 1. The Balaban J connectivity index is 2.39. The highest BCUT2D eigenvalue weighted by atomic mass is 16.5. The lowest BCUT2D eigenvalue weighted by Gasteiger charge is -2.13. The van der Waals surface area contributed by atoms with Gasteiger partial charge in [0.1, 0.15) is 0 Å². The number of carbonyl (C=O) groups excluding carboxylic acids is 2. The number of ether oxygens (including phenoxy) is 1. The van der Waals surface area contributed by atoms with Crippen LogP contribution in [0.15, 0.2) is 18.3 Å². The first kappa shape index (κ1) is 15.9. The predicted molar refractivity (Wildman–Crippen MR) is 74.3 cm³/mol. The second-order valence-corrected chi connectivity index (χ2v) is 4.16. The fourth-order valence-electron chi connectivity index (χ4n) is 1.42. The second kappa shape index (κ2) is 8.11. The molecule has 0 radical (unpaired) electrons. The van der Waals surface area contributed by atoms with Gasteiger partial charge in [0.15, 0.2) is 0 Å². The SMILES string of the molecule is CCNC(=O)NC(=O)C(C)NCc1ccc(OC)nc1. The Morgan fingerprint density at radius 3 is 2.70 bits per heavy atom. The third kappa shape index (κ3) is 5.23. The smallest absolute Gasteiger partial charge is 0.321 e. The molecule has 110 valence electrons. The molecule has 0 bridgehead atoms. The quantitative estimate of drug-likeness (QED) is 0.702. The zero-order valence-electron chi connectivity index (χ0n) is 11.9. The van der Waals surface area contributed by atoms with Crippen molar-refractivity contribution in [3.05, 3.63) is 23.9 Å². The van der Waals surface area contributed by atoms with E-state index >= 15 is 0 Å². The average molecular weight is 280 g/mol. The fourth-order valence-corrected chi connectivity index (χ4v) is 1.42. The van der Waals surface area contributed by atoms with Crippen molar-refractivity contribution in [3.8, 4) is 5.88 Å². The topological polar surface area (TPSA) is 92.4 Å². The summed E-state index contributed by atoms with van der Waals surface area (Å²) in [4.78, 5) is 27.0. The zero-order valence-corrected chi connectivity index (χ0v) is 11.9. The maximum atomic E-state index is 11.7. The number of rotatable bonds is 6. The van der Waals surface area contributed by atoms with Crippen LogP contribution in [0.4, 0.5) is 4.79 Å². The van der Waals surface area contributed by atoms with Crippen LogP contribution in [0.1, 0.15) is 19.4 Å². The van der Waals surface area contributed by atoms with Gasteiger partial charge in [-0.3, -0.25) is 10.1 Å². The number of hydrogen-bond donors (Lipinski definition) is 3. The van der Waals surface area contributed by atoms with Crippen LogP contribution in [0, 0.1) is 0 Å². The largest absolute Gasteiger partial charge is 0.481 e. The number of pyridine rings is 1. The molecule has 1 aromatic rings. The van der Waals surface area contributed by atoms with Crippen LogP contribution < -0.4 is 20.7 Å². The van der Waals surface area contributed by atoms with Crippen molar-refractivity contribution in [2.75, 3.05) is 13.7 Å². The molecular formula is C13H20N4O3. The van der Waals surface area contributed by atoms with Gasteiger partial charge in [0.05, 0.1) is 13.2 Å². The molecular weight excluding hydrogens is 260 g/mol. The van der Waals surface area contributed by atoms with E-state index in [4.69, 9.17) is 4.74 Å². The lowest BCUT2D eigenvalue weighted by Crippen LogP contribution is -2.47. The fraction of sp³-hybridized carbons (Fsp3) is 0.462. The molecule has 1 aromatic heterocycles. The molecule has 1 rings (SSSR count). The van der Waals surface area contributed by atoms with Crippen LogP contribution in [0.2, 0.25) is 0 Å². The Bertz CT molecular complexity index is 447. The maximum Gasteiger partial charge on any atom is 0.321 e. The van der Waals surface area contributed by atoms with E-state index in [-0.39, 0.29) is 5.91 Å². The summed E-state index contributed by atoms with van der Waals surface area (Å²) >= 11 is 0. The minimum Gasteiger partial charge on any atom is -0.481 e. The second-order valence-electron chi connectivity index (χ2n) is 4.16. The number of amides is 3. The number of imide groups is 1. The van der Waals surface area contributed by atoms with E-state index in [9.17, 15) is 9.59 Å². The molecule has 1 atom stereocenters. The summed E-state index contributed by atoms with van der Waals surface area (Å²) in [5.41, 5.74) is 0.920. The molecule has 0 aliphatic heterocycles. The Kier molecular flexibility index (Phi) is 6.45. The monoisotopic (exact) mass is 280 g/mol. The van der Waals surface area contributed by atoms with E-state index in [0.717, 1.165) is 5.56 Å². The van der Waals surface area contributed by atoms with Crippen molar-refractivity contribution < 1.29 is 14.3 Å². The van der Waals surface area contributed by atoms with E-state index in [1.165, 1.54) is 0 Å². The standard InChI is InChI=1S/C13H20N4O3/c1-4-14-13(19)17-12(18)9(2)15-7-10-5-6-11(20-3)16-8-10/h5-6,8-9,15H,4,7H2,1-3H3,(H2,14,17,18,19). The third-order valence-electron chi connectivity index (χ3n) is 2.59. The van der Waals surface area contributed by atoms with E-state index in [0.29, 0.717) is 19.0 Å². The number of aromatic nitrogens is 1. The molecule has 0 spiro atoms. The summed E-state index contributed by atoms with van der Waals surface area (Å²) in [5.74, 6) is 0.160. The number of urea groups is 1. The number of carbonyl (C=O) groups is 2. The first-order valence-electron chi connectivity index (χ1n) is 6.37. The van der Waals surface area contributed by atoms with Gasteiger partial charge < -0.3 is 15.4 Å². The highest BCUT2D eigenvalue weighted by molar-refractivity contribution is 5.96. The normalized spacial score (nSPS) is 11.6. The Morgan fingerprint density at radius 2 is 2.15 bits per heavy atom. The summed E-state index contributed by atoms with van der Waals surface area (Å²) < 4.78 is 4.96. The molecule has 7 nitrogen and oxygen atoms in total. The first-order valence-corrected chi connectivity index (χ1v) is 6.37. The maximum absolute atomic E-state index is 11.7. The molecule has 0 saturated heterocycles. The summed E-state index contributed by atoms with van der Waals surface area (Å²) in [6.07, 6.45) is 1.67. The van der Waals surface area contributed by atoms with Crippen LogP contribution >= 0.6 is 0 Å². The van der Waals surface area contributed by atoms with Gasteiger partial charge in [0.2, 0.25) is 11.8 Å². The zero-order chi connectivity index (χ0) is 15.0. The average Bonchev–Trinajstić information content (AvgIpc) is 2.45. The van der Waals surface area contributed by atoms with Crippen molar-refractivity contribution in [2.24, 2.45) is 0 Å². The van der Waals surface area contributed by atoms with Gasteiger partial charge in [-0.25, -0.2) is 9.78 Å². The van der Waals surface area contributed by atoms with Crippen LogP contribution in [-0.4, -0.2) is 36.6 Å². The molecule has 0 aliphatic carbocycles. The molecule has 1 unspecified atom stereocenters. The van der Waals surface area contributed by atoms with Crippen LogP contribution in [-0.2, 0) is 11.3 Å². The van der Waals surface area contributed by atoms with E-state index in [1.54, 1.807) is 33.2 Å². The predicted octanol–water partition coefficient (Wildman–Crippen LogP) is 0.414. The van der Waals surface area contributed by atoms with Gasteiger partial charge >= 0.3 is 6.03 Å². The highest BCUT2D eigenvalue weighted by Crippen LogP contribution is 2.06. The van der Waals surface area contributed by atoms with Crippen molar-refractivity contribution in [1.82, 2.24) is 20.9 Å². The molecule has 7 heteroatoms. The van der Waals surface area contributed by atoms with Crippen LogP contribution in [0.25, 0.3) is 0 Å². The lowest BCUT2D eigenvalue weighted by molar-refractivity contribution is -0.121. The van der Waals surface area contributed by atoms with Crippen molar-refractivity contribution in [2.45, 2.75) is 26.4 Å². The van der Waals surface area contributed by atoms with Crippen molar-refractivity contribution >= 4 is 11.9 Å². The molecule has 1 heterocycles. The summed E-state index contributed by atoms with van der Waals surface area (Å²) in [7, 11) is 1.55. The van der Waals surface area contributed by atoms with Gasteiger partial charge in [-0.1, -0.05) is 6.07 Å². The van der Waals surface area contributed by atoms with Gasteiger partial charge in [0.25, 0.3) is 0 Å². The van der Waals surface area contributed by atoms with E-state index < -0.39 is 12.1 Å². The number of nitrogens with one attached hydrogen (secondary N) is 3. The molecule has 0 aliphatic rings. The summed E-state index contributed by atoms with van der Waals surface area (Å²) in [6, 6.07) is 2.63. The van der Waals surface area contributed by atoms with E-state index in [2.05, 4.69) is 20.9 Å². The number of nitrogens with zero attached hydrogens (tertiary/aromatic N) is 1. The first-order chi connectivity index (χ1) is 9.56. The van der Waals surface area contributed by atoms with E-state index in [1.807, 2.05) is 6.07 Å². The molecule has 0 aromatic carbocycles. The lowest BCUT2D eigenvalue weighted by atomic mass is 10.2. The van der Waals surface area contributed by atoms with Gasteiger partial charge in [0, 0.05) is 25.4 Å². The van der Waals surface area contributed by atoms with Gasteiger partial charge in [-0.15, -0.1) is 0 Å². The van der Waals surface area contributed by atoms with Gasteiger partial charge in [-0.05, 0) is 19.4 Å². The summed E-state index contributed by atoms with van der Waals surface area (Å²) in [5, 5.41) is 7.75. The van der Waals surface area contributed by atoms with Crippen molar-refractivity contribution in [3.63, 3.8) is 0 Å². The summed E-state index contributed by atoms with van der Waals surface area (Å²) in [6.45, 7) is 4.41. The molecule has 0 saturated carbocycles. The van der Waals surface area contributed by atoms with Gasteiger partial charge in [-0.2, -0.15) is 0 Å². The number of hydrogen-bond acceptors (Lipinski definition) is 5. The Labute approximate surface area is 118 Å². The molecule has 0 fully saturated rings. The third-order valence-corrected chi connectivity index (χ3v) is 2.59. The molecule has 3 amide bonds. The Morgan fingerprint density at radius 1 is 1.40 bits per heavy atom. The molecule has 3 N–H and O–H groups in total. The minimum absolute atomic E-state index is 0.377. The minimum atomic E-state index is -0.489. The Hall–Kier alpha value is -2.15. The van der Waals surface area contributed by atoms with Crippen LogP contribution in [0.3, 0.4) is 0 Å². The highest BCUT2D eigenvalue weighted by Gasteiger charge is 2.14. The van der Waals surface area contributed by atoms with Crippen LogP contribution in [0.5, 0.6) is 5.88 Å². The molecule has 20 heavy (non-hydrogen) atoms.